The number of thiophene rings is 1. The number of amides is 2. The molecular formula is C20H24N3O2S2+. The van der Waals surface area contributed by atoms with Gasteiger partial charge in [0.25, 0.3) is 5.91 Å². The van der Waals surface area contributed by atoms with Gasteiger partial charge >= 0.3 is 0 Å². The van der Waals surface area contributed by atoms with E-state index in [-0.39, 0.29) is 17.6 Å². The second kappa shape index (κ2) is 8.04. The highest BCUT2D eigenvalue weighted by Crippen LogP contribution is 2.42. The van der Waals surface area contributed by atoms with Crippen molar-refractivity contribution < 1.29 is 14.5 Å². The fourth-order valence-electron chi connectivity index (χ4n) is 3.94. The maximum atomic E-state index is 12.8. The molecule has 5 nitrogen and oxygen atoms in total. The first-order valence-corrected chi connectivity index (χ1v) is 11.2. The molecule has 1 aliphatic carbocycles. The molecule has 1 aromatic heterocycles. The van der Waals surface area contributed by atoms with Gasteiger partial charge in [-0.2, -0.15) is 0 Å². The molecule has 1 fully saturated rings. The predicted octanol–water partition coefficient (Wildman–Crippen LogP) is 1.86. The van der Waals surface area contributed by atoms with Gasteiger partial charge in [0.15, 0.2) is 6.54 Å². The van der Waals surface area contributed by atoms with Crippen molar-refractivity contribution in [2.45, 2.75) is 30.2 Å². The average Bonchev–Trinajstić information content (AvgIpc) is 3.36. The van der Waals surface area contributed by atoms with Crippen LogP contribution >= 0.6 is 23.1 Å². The third kappa shape index (κ3) is 4.36. The molecular weight excluding hydrogens is 378 g/mol. The van der Waals surface area contributed by atoms with Gasteiger partial charge in [0.1, 0.15) is 6.04 Å². The summed E-state index contributed by atoms with van der Waals surface area (Å²) in [6, 6.07) is 10.3. The first kappa shape index (κ1) is 18.5. The number of nitrogens with two attached hydrogens (primary N) is 1. The number of nitrogens with one attached hydrogen (secondary N) is 2. The van der Waals surface area contributed by atoms with Crippen molar-refractivity contribution in [3.05, 3.63) is 46.2 Å². The van der Waals surface area contributed by atoms with E-state index < -0.39 is 0 Å². The summed E-state index contributed by atoms with van der Waals surface area (Å²) >= 11 is 3.21. The van der Waals surface area contributed by atoms with Crippen LogP contribution in [0.4, 0.5) is 5.69 Å². The summed E-state index contributed by atoms with van der Waals surface area (Å²) in [7, 11) is 0. The molecule has 4 rings (SSSR count). The number of carbonyl (C=O) groups is 2. The molecule has 27 heavy (non-hydrogen) atoms. The highest BCUT2D eigenvalue weighted by Gasteiger charge is 2.43. The van der Waals surface area contributed by atoms with Crippen LogP contribution in [0.3, 0.4) is 0 Å². The van der Waals surface area contributed by atoms with Crippen molar-refractivity contribution in [2.75, 3.05) is 24.2 Å². The first-order valence-electron chi connectivity index (χ1n) is 9.32. The fraction of sp³-hybridized carbons (Fsp3) is 0.400. The highest BCUT2D eigenvalue weighted by atomic mass is 32.2. The van der Waals surface area contributed by atoms with E-state index >= 15 is 0 Å². The van der Waals surface area contributed by atoms with Crippen molar-refractivity contribution >= 4 is 40.6 Å². The smallest absolute Gasteiger partial charge is 0.279 e. The van der Waals surface area contributed by atoms with Gasteiger partial charge < -0.3 is 16.0 Å². The Morgan fingerprint density at radius 3 is 2.85 bits per heavy atom. The van der Waals surface area contributed by atoms with Gasteiger partial charge in [0.05, 0.1) is 18.0 Å². The van der Waals surface area contributed by atoms with E-state index in [1.54, 1.807) is 0 Å². The van der Waals surface area contributed by atoms with Crippen molar-refractivity contribution in [2.24, 2.45) is 11.7 Å². The summed E-state index contributed by atoms with van der Waals surface area (Å²) in [6.07, 6.45) is 3.61. The van der Waals surface area contributed by atoms with Gasteiger partial charge in [-0.1, -0.05) is 12.1 Å². The number of hydrogen-bond acceptors (Lipinski definition) is 4. The van der Waals surface area contributed by atoms with E-state index in [1.165, 1.54) is 39.9 Å². The fourth-order valence-corrected chi connectivity index (χ4v) is 5.62. The molecule has 0 saturated heterocycles. The van der Waals surface area contributed by atoms with Crippen LogP contribution in [-0.2, 0) is 16.0 Å². The number of anilines is 1. The molecule has 0 bridgehead atoms. The lowest BCUT2D eigenvalue weighted by atomic mass is 9.96. The van der Waals surface area contributed by atoms with E-state index in [0.717, 1.165) is 29.5 Å². The average molecular weight is 403 g/mol. The van der Waals surface area contributed by atoms with Crippen LogP contribution in [0.2, 0.25) is 0 Å². The minimum absolute atomic E-state index is 0.0291. The molecule has 0 spiro atoms. The van der Waals surface area contributed by atoms with Gasteiger partial charge in [-0.05, 0) is 36.4 Å². The molecule has 1 unspecified atom stereocenters. The Bertz CT molecular complexity index is 847. The van der Waals surface area contributed by atoms with Crippen molar-refractivity contribution in [3.8, 4) is 0 Å². The van der Waals surface area contributed by atoms with Crippen molar-refractivity contribution in [1.29, 1.82) is 0 Å². The predicted molar refractivity (Wildman–Crippen MR) is 109 cm³/mol. The Morgan fingerprint density at radius 2 is 2.07 bits per heavy atom. The summed E-state index contributed by atoms with van der Waals surface area (Å²) in [5.41, 5.74) is 7.47. The topological polar surface area (TPSA) is 76.6 Å². The van der Waals surface area contributed by atoms with Crippen molar-refractivity contribution in [3.63, 3.8) is 0 Å². The molecule has 2 heterocycles. The summed E-state index contributed by atoms with van der Waals surface area (Å²) < 4.78 is 0. The largest absolute Gasteiger partial charge is 0.369 e. The van der Waals surface area contributed by atoms with Crippen LogP contribution in [0.25, 0.3) is 0 Å². The summed E-state index contributed by atoms with van der Waals surface area (Å²) in [6.45, 7) is 1.49. The minimum Gasteiger partial charge on any atom is -0.369 e. The zero-order chi connectivity index (χ0) is 18.8. The number of quaternary nitrogens is 1. The molecule has 0 radical (unpaired) electrons. The van der Waals surface area contributed by atoms with Crippen LogP contribution in [-0.4, -0.2) is 30.7 Å². The number of benzene rings is 1. The van der Waals surface area contributed by atoms with Crippen LogP contribution in [0, 0.1) is 5.92 Å². The van der Waals surface area contributed by atoms with Crippen LogP contribution in [0.5, 0.6) is 0 Å². The number of carbonyl (C=O) groups excluding carboxylic acids is 2. The molecule has 1 aromatic carbocycles. The third-order valence-corrected chi connectivity index (χ3v) is 7.33. The van der Waals surface area contributed by atoms with Gasteiger partial charge in [-0.3, -0.25) is 9.59 Å². The van der Waals surface area contributed by atoms with E-state index in [2.05, 4.69) is 16.8 Å². The summed E-state index contributed by atoms with van der Waals surface area (Å²) in [5, 5.41) is 5.24. The minimum atomic E-state index is -0.363. The number of para-hydroxylation sites is 1. The third-order valence-electron chi connectivity index (χ3n) is 5.24. The normalized spacial score (nSPS) is 21.5. The Hall–Kier alpha value is -1.83. The lowest BCUT2D eigenvalue weighted by Gasteiger charge is -2.32. The number of primary amides is 1. The lowest BCUT2D eigenvalue weighted by molar-refractivity contribution is -0.928. The van der Waals surface area contributed by atoms with Gasteiger partial charge in [-0.25, -0.2) is 0 Å². The Kier molecular flexibility index (Phi) is 5.52. The Morgan fingerprint density at radius 1 is 1.26 bits per heavy atom. The first-order chi connectivity index (χ1) is 13.1. The molecule has 2 atom stereocenters. The van der Waals surface area contributed by atoms with Crippen molar-refractivity contribution in [1.82, 2.24) is 0 Å². The number of thioether (sulfide) groups is 1. The van der Waals surface area contributed by atoms with E-state index in [4.69, 9.17) is 5.73 Å². The number of fused-ring (bicyclic) bond motifs is 1. The van der Waals surface area contributed by atoms with Crippen LogP contribution < -0.4 is 16.0 Å². The Balaban J connectivity index is 1.43. The summed E-state index contributed by atoms with van der Waals surface area (Å²) in [5.74, 6) is 0.591. The van der Waals surface area contributed by atoms with E-state index in [9.17, 15) is 9.59 Å². The zero-order valence-corrected chi connectivity index (χ0v) is 16.7. The second-order valence-electron chi connectivity index (χ2n) is 7.25. The Labute approximate surface area is 167 Å². The molecule has 1 saturated carbocycles. The highest BCUT2D eigenvalue weighted by molar-refractivity contribution is 8.00. The quantitative estimate of drug-likeness (QED) is 0.619. The molecule has 2 aromatic rings. The number of hydrogen-bond donors (Lipinski definition) is 3. The summed E-state index contributed by atoms with van der Waals surface area (Å²) in [4.78, 5) is 27.6. The van der Waals surface area contributed by atoms with Gasteiger partial charge in [0, 0.05) is 27.7 Å². The molecule has 2 aliphatic rings. The maximum Gasteiger partial charge on any atom is 0.279 e. The monoisotopic (exact) mass is 402 g/mol. The van der Waals surface area contributed by atoms with Gasteiger partial charge in [0.2, 0.25) is 5.91 Å². The zero-order valence-electron chi connectivity index (χ0n) is 15.1. The molecule has 142 valence electrons. The van der Waals surface area contributed by atoms with Gasteiger partial charge in [-0.15, -0.1) is 23.1 Å². The number of rotatable bonds is 7. The maximum absolute atomic E-state index is 12.8. The molecule has 4 N–H and O–H groups in total. The van der Waals surface area contributed by atoms with E-state index in [0.29, 0.717) is 12.6 Å². The lowest BCUT2D eigenvalue weighted by Crippen LogP contribution is -3.14. The van der Waals surface area contributed by atoms with Crippen LogP contribution in [0.1, 0.15) is 29.3 Å². The second-order valence-corrected chi connectivity index (χ2v) is 9.27. The van der Waals surface area contributed by atoms with Crippen LogP contribution in [0.15, 0.2) is 40.6 Å². The molecule has 7 heteroatoms. The standard InChI is InChI=1S/C20H23N3O2S2/c21-18(24)12-27-17-4-2-1-3-15(17)22-19(25)11-23-9-7-16-14(8-10-26-16)20(23)13-5-6-13/h1-4,8,10,13,20H,5-7,9,11-12H2,(H2,21,24)(H,22,25)/p+1/t20-/m0/s1. The van der Waals surface area contributed by atoms with E-state index in [1.807, 2.05) is 35.6 Å². The molecule has 2 amide bonds. The molecule has 1 aliphatic heterocycles. The SMILES string of the molecule is NC(=O)CSc1ccccc1NC(=O)C[NH+]1CCc2sccc2[C@@H]1C1CC1.